The van der Waals surface area contributed by atoms with Gasteiger partial charge in [-0.25, -0.2) is 16.8 Å². The maximum absolute atomic E-state index is 11.2. The SMILES string of the molecule is CS(=O)(=O)c1ccc(Cl)c(CS(=O)(=O)Cl)c1. The molecule has 16 heavy (non-hydrogen) atoms. The molecule has 0 aliphatic carbocycles. The van der Waals surface area contributed by atoms with E-state index in [9.17, 15) is 16.8 Å². The number of rotatable bonds is 3. The second kappa shape index (κ2) is 4.52. The van der Waals surface area contributed by atoms with Crippen LogP contribution < -0.4 is 0 Å². The largest absolute Gasteiger partial charge is 0.236 e. The summed E-state index contributed by atoms with van der Waals surface area (Å²) in [6.45, 7) is 0. The quantitative estimate of drug-likeness (QED) is 0.799. The third-order valence-corrected chi connectivity index (χ3v) is 4.24. The number of halogens is 2. The van der Waals surface area contributed by atoms with Crippen molar-refractivity contribution < 1.29 is 16.8 Å². The Hall–Kier alpha value is -0.300. The molecule has 0 saturated carbocycles. The lowest BCUT2D eigenvalue weighted by molar-refractivity contribution is 0.600. The first kappa shape index (κ1) is 13.8. The standard InChI is InChI=1S/C8H8Cl2O4S2/c1-15(11,12)7-2-3-8(9)6(4-7)5-16(10,13)14/h2-4H,5H2,1H3. The Bertz CT molecular complexity index is 605. The molecule has 0 N–H and O–H groups in total. The minimum absolute atomic E-state index is 0.00668. The lowest BCUT2D eigenvalue weighted by atomic mass is 10.2. The molecule has 0 atom stereocenters. The molecular formula is C8H8Cl2O4S2. The average molecular weight is 303 g/mol. The van der Waals surface area contributed by atoms with Crippen LogP contribution in [0.4, 0.5) is 0 Å². The van der Waals surface area contributed by atoms with Gasteiger partial charge in [-0.3, -0.25) is 0 Å². The predicted octanol–water partition coefficient (Wildman–Crippen LogP) is 1.81. The lowest BCUT2D eigenvalue weighted by Gasteiger charge is -2.04. The van der Waals surface area contributed by atoms with Crippen molar-refractivity contribution >= 4 is 41.2 Å². The lowest BCUT2D eigenvalue weighted by Crippen LogP contribution is -2.01. The Morgan fingerprint density at radius 2 is 1.75 bits per heavy atom. The maximum atomic E-state index is 11.2. The van der Waals surface area contributed by atoms with Crippen LogP contribution in [0.3, 0.4) is 0 Å². The zero-order chi connectivity index (χ0) is 12.6. The maximum Gasteiger partial charge on any atom is 0.236 e. The van der Waals surface area contributed by atoms with E-state index in [2.05, 4.69) is 0 Å². The van der Waals surface area contributed by atoms with Crippen LogP contribution in [0, 0.1) is 0 Å². The molecule has 0 aromatic heterocycles. The number of sulfone groups is 1. The van der Waals surface area contributed by atoms with E-state index in [0.29, 0.717) is 0 Å². The van der Waals surface area contributed by atoms with Gasteiger partial charge in [-0.15, -0.1) is 0 Å². The fraction of sp³-hybridized carbons (Fsp3) is 0.250. The first-order valence-corrected chi connectivity index (χ1v) is 8.75. The first-order chi connectivity index (χ1) is 7.09. The van der Waals surface area contributed by atoms with E-state index in [-0.39, 0.29) is 15.5 Å². The molecule has 0 heterocycles. The summed E-state index contributed by atoms with van der Waals surface area (Å²) in [5, 5.41) is 0.164. The van der Waals surface area contributed by atoms with Crippen LogP contribution in [0.5, 0.6) is 0 Å². The summed E-state index contributed by atoms with van der Waals surface area (Å²) in [6, 6.07) is 3.84. The molecule has 0 spiro atoms. The fourth-order valence-electron chi connectivity index (χ4n) is 1.08. The summed E-state index contributed by atoms with van der Waals surface area (Å²) in [5.74, 6) is -0.503. The molecule has 0 saturated heterocycles. The number of hydrogen-bond donors (Lipinski definition) is 0. The minimum atomic E-state index is -3.77. The molecule has 1 aromatic carbocycles. The molecule has 1 rings (SSSR count). The minimum Gasteiger partial charge on any atom is -0.224 e. The van der Waals surface area contributed by atoms with Gasteiger partial charge in [-0.1, -0.05) is 11.6 Å². The highest BCUT2D eigenvalue weighted by Gasteiger charge is 2.14. The summed E-state index contributed by atoms with van der Waals surface area (Å²) >= 11 is 5.73. The molecule has 0 aliphatic heterocycles. The molecule has 0 fully saturated rings. The van der Waals surface area contributed by atoms with E-state index in [1.54, 1.807) is 0 Å². The highest BCUT2D eigenvalue weighted by atomic mass is 35.7. The zero-order valence-electron chi connectivity index (χ0n) is 8.14. The molecule has 90 valence electrons. The first-order valence-electron chi connectivity index (χ1n) is 4.00. The van der Waals surface area contributed by atoms with Gasteiger partial charge in [-0.2, -0.15) is 0 Å². The second-order valence-corrected chi connectivity index (χ2v) is 8.41. The molecule has 0 bridgehead atoms. The van der Waals surface area contributed by atoms with Crippen LogP contribution >= 0.6 is 22.3 Å². The topological polar surface area (TPSA) is 68.3 Å². The van der Waals surface area contributed by atoms with Gasteiger partial charge in [0.1, 0.15) is 0 Å². The van der Waals surface area contributed by atoms with E-state index in [4.69, 9.17) is 22.3 Å². The van der Waals surface area contributed by atoms with Crippen LogP contribution in [-0.2, 0) is 24.6 Å². The molecule has 0 unspecified atom stereocenters. The van der Waals surface area contributed by atoms with E-state index in [0.717, 1.165) is 6.26 Å². The molecule has 0 radical (unpaired) electrons. The average Bonchev–Trinajstić information content (AvgIpc) is 2.04. The smallest absolute Gasteiger partial charge is 0.224 e. The van der Waals surface area contributed by atoms with Gasteiger partial charge in [-0.05, 0) is 23.8 Å². The van der Waals surface area contributed by atoms with Crippen molar-refractivity contribution in [3.8, 4) is 0 Å². The van der Waals surface area contributed by atoms with Crippen molar-refractivity contribution in [2.24, 2.45) is 0 Å². The van der Waals surface area contributed by atoms with Crippen LogP contribution in [0.25, 0.3) is 0 Å². The van der Waals surface area contributed by atoms with Gasteiger partial charge in [0, 0.05) is 22.0 Å². The second-order valence-electron chi connectivity index (χ2n) is 3.21. The summed E-state index contributed by atoms with van der Waals surface area (Å²) in [7, 11) is -2.09. The molecule has 8 heteroatoms. The normalized spacial score (nSPS) is 12.7. The molecular weight excluding hydrogens is 295 g/mol. The van der Waals surface area contributed by atoms with E-state index >= 15 is 0 Å². The van der Waals surface area contributed by atoms with Crippen molar-refractivity contribution in [1.82, 2.24) is 0 Å². The summed E-state index contributed by atoms with van der Waals surface area (Å²) < 4.78 is 44.2. The van der Waals surface area contributed by atoms with Gasteiger partial charge >= 0.3 is 0 Å². The monoisotopic (exact) mass is 302 g/mol. The molecule has 4 nitrogen and oxygen atoms in total. The van der Waals surface area contributed by atoms with E-state index in [1.807, 2.05) is 0 Å². The Balaban J connectivity index is 3.31. The van der Waals surface area contributed by atoms with Crippen molar-refractivity contribution in [2.45, 2.75) is 10.6 Å². The van der Waals surface area contributed by atoms with Gasteiger partial charge in [0.15, 0.2) is 9.84 Å². The van der Waals surface area contributed by atoms with Crippen LogP contribution in [0.1, 0.15) is 5.56 Å². The summed E-state index contributed by atoms with van der Waals surface area (Å²) in [6.07, 6.45) is 1.02. The molecule has 0 amide bonds. The zero-order valence-corrected chi connectivity index (χ0v) is 11.3. The van der Waals surface area contributed by atoms with Crippen molar-refractivity contribution in [3.05, 3.63) is 28.8 Å². The fourth-order valence-corrected chi connectivity index (χ4v) is 2.98. The third kappa shape index (κ3) is 3.93. The molecule has 0 aliphatic rings. The third-order valence-electron chi connectivity index (χ3n) is 1.77. The van der Waals surface area contributed by atoms with Gasteiger partial charge in [0.2, 0.25) is 9.05 Å². The van der Waals surface area contributed by atoms with E-state index in [1.165, 1.54) is 18.2 Å². The Kier molecular flexibility index (Phi) is 3.89. The summed E-state index contributed by atoms with van der Waals surface area (Å²) in [5.41, 5.74) is 0.166. The summed E-state index contributed by atoms with van der Waals surface area (Å²) in [4.78, 5) is 0.00668. The van der Waals surface area contributed by atoms with Crippen LogP contribution in [0.2, 0.25) is 5.02 Å². The number of benzene rings is 1. The van der Waals surface area contributed by atoms with Gasteiger partial charge < -0.3 is 0 Å². The van der Waals surface area contributed by atoms with Crippen LogP contribution in [0.15, 0.2) is 23.1 Å². The van der Waals surface area contributed by atoms with Gasteiger partial charge in [0.25, 0.3) is 0 Å². The number of hydrogen-bond acceptors (Lipinski definition) is 4. The van der Waals surface area contributed by atoms with Crippen molar-refractivity contribution in [2.75, 3.05) is 6.26 Å². The Morgan fingerprint density at radius 3 is 2.19 bits per heavy atom. The van der Waals surface area contributed by atoms with Crippen molar-refractivity contribution in [1.29, 1.82) is 0 Å². The molecule has 1 aromatic rings. The van der Waals surface area contributed by atoms with Crippen molar-refractivity contribution in [3.63, 3.8) is 0 Å². The van der Waals surface area contributed by atoms with E-state index < -0.39 is 24.6 Å². The van der Waals surface area contributed by atoms with Crippen LogP contribution in [-0.4, -0.2) is 23.1 Å². The highest BCUT2D eigenvalue weighted by molar-refractivity contribution is 8.13. The van der Waals surface area contributed by atoms with Gasteiger partial charge in [0.05, 0.1) is 10.6 Å². The Labute approximate surface area is 104 Å². The predicted molar refractivity (Wildman–Crippen MR) is 63.0 cm³/mol. The Morgan fingerprint density at radius 1 is 1.19 bits per heavy atom. The highest BCUT2D eigenvalue weighted by Crippen LogP contribution is 2.23.